The van der Waals surface area contributed by atoms with Gasteiger partial charge in [0.25, 0.3) is 0 Å². The first kappa shape index (κ1) is 11.6. The van der Waals surface area contributed by atoms with Gasteiger partial charge in [-0.2, -0.15) is 5.10 Å². The Balaban J connectivity index is 1.94. The predicted octanol–water partition coefficient (Wildman–Crippen LogP) is 0.484. The van der Waals surface area contributed by atoms with Crippen LogP contribution in [0.15, 0.2) is 18.3 Å². The van der Waals surface area contributed by atoms with Crippen molar-refractivity contribution in [2.24, 2.45) is 5.92 Å². The van der Waals surface area contributed by atoms with E-state index in [1.165, 1.54) is 12.0 Å². The molecule has 3 heterocycles. The van der Waals surface area contributed by atoms with E-state index < -0.39 is 5.92 Å². The van der Waals surface area contributed by atoms with Crippen LogP contribution in [0.25, 0.3) is 11.0 Å². The van der Waals surface area contributed by atoms with Gasteiger partial charge in [0.05, 0.1) is 18.4 Å². The molecule has 0 aliphatic carbocycles. The second-order valence-electron chi connectivity index (χ2n) is 4.38. The highest BCUT2D eigenvalue weighted by Gasteiger charge is 2.37. The molecule has 0 radical (unpaired) electrons. The number of hydrogen-bond donors (Lipinski definition) is 1. The number of aromatic nitrogens is 3. The van der Waals surface area contributed by atoms with Crippen LogP contribution in [0, 0.1) is 5.92 Å². The number of pyridine rings is 1. The zero-order chi connectivity index (χ0) is 13.4. The van der Waals surface area contributed by atoms with Crippen LogP contribution in [0.2, 0.25) is 0 Å². The van der Waals surface area contributed by atoms with E-state index >= 15 is 0 Å². The van der Waals surface area contributed by atoms with Crippen molar-refractivity contribution in [2.45, 2.75) is 6.42 Å². The van der Waals surface area contributed by atoms with Crippen LogP contribution in [0.1, 0.15) is 6.42 Å². The molecule has 1 N–H and O–H groups in total. The van der Waals surface area contributed by atoms with Gasteiger partial charge in [-0.1, -0.05) is 0 Å². The summed E-state index contributed by atoms with van der Waals surface area (Å²) in [6.45, 7) is 0.292. The predicted molar refractivity (Wildman–Crippen MR) is 66.4 cm³/mol. The molecular weight excluding hydrogens is 248 g/mol. The van der Waals surface area contributed by atoms with Crippen molar-refractivity contribution in [3.05, 3.63) is 18.3 Å². The molecule has 1 amide bonds. The van der Waals surface area contributed by atoms with Crippen LogP contribution in [-0.4, -0.2) is 40.7 Å². The first-order valence-corrected chi connectivity index (χ1v) is 5.88. The quantitative estimate of drug-likeness (QED) is 0.793. The van der Waals surface area contributed by atoms with Crippen LogP contribution in [0.3, 0.4) is 0 Å². The number of anilines is 1. The standard InChI is InChI=1S/C12H12N4O3/c1-19-12(18)7-5-9(17)16(6-7)11-8-3-2-4-13-10(8)14-15-11/h2-4,7H,5-6H2,1H3,(H,13,14,15). The Kier molecular flexibility index (Phi) is 2.66. The van der Waals surface area contributed by atoms with Gasteiger partial charge >= 0.3 is 5.97 Å². The Bertz CT molecular complexity index is 651. The lowest BCUT2D eigenvalue weighted by Crippen LogP contribution is -2.26. The highest BCUT2D eigenvalue weighted by Crippen LogP contribution is 2.29. The number of amides is 1. The average molecular weight is 260 g/mol. The highest BCUT2D eigenvalue weighted by atomic mass is 16.5. The molecule has 19 heavy (non-hydrogen) atoms. The van der Waals surface area contributed by atoms with Crippen LogP contribution in [-0.2, 0) is 14.3 Å². The number of fused-ring (bicyclic) bond motifs is 1. The minimum absolute atomic E-state index is 0.132. The van der Waals surface area contributed by atoms with Gasteiger partial charge in [0.1, 0.15) is 0 Å². The fraction of sp³-hybridized carbons (Fsp3) is 0.333. The van der Waals surface area contributed by atoms with Crippen molar-refractivity contribution in [2.75, 3.05) is 18.6 Å². The van der Waals surface area contributed by atoms with Gasteiger partial charge in [0.2, 0.25) is 5.91 Å². The van der Waals surface area contributed by atoms with Crippen molar-refractivity contribution in [1.29, 1.82) is 0 Å². The van der Waals surface area contributed by atoms with E-state index in [0.717, 1.165) is 5.39 Å². The number of aromatic amines is 1. The number of nitrogens with one attached hydrogen (secondary N) is 1. The molecule has 2 aromatic heterocycles. The summed E-state index contributed by atoms with van der Waals surface area (Å²) in [5.74, 6) is -0.415. The fourth-order valence-electron chi connectivity index (χ4n) is 2.28. The van der Waals surface area contributed by atoms with Gasteiger partial charge in [-0.3, -0.25) is 19.6 Å². The second kappa shape index (κ2) is 4.34. The SMILES string of the molecule is COC(=O)C1CC(=O)N(c2n[nH]c3ncccc23)C1. The Morgan fingerprint density at radius 3 is 3.21 bits per heavy atom. The van der Waals surface area contributed by atoms with Gasteiger partial charge in [0, 0.05) is 19.2 Å². The van der Waals surface area contributed by atoms with Crippen molar-refractivity contribution in [3.63, 3.8) is 0 Å². The number of methoxy groups -OCH3 is 1. The molecule has 0 bridgehead atoms. The molecular formula is C12H12N4O3. The van der Waals surface area contributed by atoms with E-state index in [1.54, 1.807) is 12.3 Å². The Morgan fingerprint density at radius 2 is 2.42 bits per heavy atom. The number of ether oxygens (including phenoxy) is 1. The smallest absolute Gasteiger partial charge is 0.311 e. The number of nitrogens with zero attached hydrogens (tertiary/aromatic N) is 3. The number of carbonyl (C=O) groups is 2. The molecule has 0 saturated carbocycles. The molecule has 1 fully saturated rings. The lowest BCUT2D eigenvalue weighted by molar-refractivity contribution is -0.145. The van der Waals surface area contributed by atoms with Gasteiger partial charge in [-0.05, 0) is 12.1 Å². The van der Waals surface area contributed by atoms with Crippen molar-refractivity contribution < 1.29 is 14.3 Å². The monoisotopic (exact) mass is 260 g/mol. The van der Waals surface area contributed by atoms with Crippen LogP contribution < -0.4 is 4.90 Å². The summed E-state index contributed by atoms with van der Waals surface area (Å²) >= 11 is 0. The molecule has 1 aliphatic heterocycles. The van der Waals surface area contributed by atoms with Crippen molar-refractivity contribution in [3.8, 4) is 0 Å². The zero-order valence-electron chi connectivity index (χ0n) is 10.3. The molecule has 1 aliphatic rings. The maximum absolute atomic E-state index is 12.0. The summed E-state index contributed by atoms with van der Waals surface area (Å²) in [7, 11) is 1.32. The maximum Gasteiger partial charge on any atom is 0.311 e. The normalized spacial score (nSPS) is 19.1. The number of carbonyl (C=O) groups excluding carboxylic acids is 2. The Morgan fingerprint density at radius 1 is 1.58 bits per heavy atom. The largest absolute Gasteiger partial charge is 0.469 e. The molecule has 1 atom stereocenters. The minimum atomic E-state index is -0.430. The lowest BCUT2D eigenvalue weighted by atomic mass is 10.1. The molecule has 0 aromatic carbocycles. The number of esters is 1. The van der Waals surface area contributed by atoms with Crippen LogP contribution in [0.5, 0.6) is 0 Å². The molecule has 3 rings (SSSR count). The van der Waals surface area contributed by atoms with Crippen molar-refractivity contribution >= 4 is 28.7 Å². The fourth-order valence-corrected chi connectivity index (χ4v) is 2.28. The lowest BCUT2D eigenvalue weighted by Gasteiger charge is -2.13. The van der Waals surface area contributed by atoms with Crippen LogP contribution in [0.4, 0.5) is 5.82 Å². The zero-order valence-corrected chi connectivity index (χ0v) is 10.3. The summed E-state index contributed by atoms with van der Waals surface area (Å²) in [4.78, 5) is 29.1. The second-order valence-corrected chi connectivity index (χ2v) is 4.38. The van der Waals surface area contributed by atoms with E-state index in [-0.39, 0.29) is 18.3 Å². The first-order valence-electron chi connectivity index (χ1n) is 5.88. The third-order valence-corrected chi connectivity index (χ3v) is 3.23. The Hall–Kier alpha value is -2.44. The number of rotatable bonds is 2. The van der Waals surface area contributed by atoms with Crippen molar-refractivity contribution in [1.82, 2.24) is 15.2 Å². The third-order valence-electron chi connectivity index (χ3n) is 3.23. The maximum atomic E-state index is 12.0. The molecule has 0 spiro atoms. The topological polar surface area (TPSA) is 88.2 Å². The highest BCUT2D eigenvalue weighted by molar-refractivity contribution is 6.04. The number of hydrogen-bond acceptors (Lipinski definition) is 5. The minimum Gasteiger partial charge on any atom is -0.469 e. The van der Waals surface area contributed by atoms with Crippen LogP contribution >= 0.6 is 0 Å². The van der Waals surface area contributed by atoms with E-state index in [0.29, 0.717) is 18.0 Å². The van der Waals surface area contributed by atoms with E-state index in [9.17, 15) is 9.59 Å². The van der Waals surface area contributed by atoms with Gasteiger partial charge in [-0.25, -0.2) is 4.98 Å². The summed E-state index contributed by atoms with van der Waals surface area (Å²) in [5, 5.41) is 7.65. The molecule has 98 valence electrons. The molecule has 7 nitrogen and oxygen atoms in total. The van der Waals surface area contributed by atoms with Gasteiger partial charge < -0.3 is 4.74 Å². The van der Waals surface area contributed by atoms with E-state index in [1.807, 2.05) is 6.07 Å². The summed E-state index contributed by atoms with van der Waals surface area (Å²) in [5.41, 5.74) is 0.617. The molecule has 1 saturated heterocycles. The number of H-pyrrole nitrogens is 1. The van der Waals surface area contributed by atoms with E-state index in [2.05, 4.69) is 19.9 Å². The molecule has 1 unspecified atom stereocenters. The molecule has 2 aromatic rings. The van der Waals surface area contributed by atoms with E-state index in [4.69, 9.17) is 0 Å². The first-order chi connectivity index (χ1) is 9.20. The third kappa shape index (κ3) is 1.83. The van der Waals surface area contributed by atoms with Gasteiger partial charge in [0.15, 0.2) is 11.5 Å². The summed E-state index contributed by atoms with van der Waals surface area (Å²) in [6.07, 6.45) is 1.80. The summed E-state index contributed by atoms with van der Waals surface area (Å²) < 4.78 is 4.68. The van der Waals surface area contributed by atoms with Gasteiger partial charge in [-0.15, -0.1) is 0 Å². The molecule has 7 heteroatoms. The summed E-state index contributed by atoms with van der Waals surface area (Å²) in [6, 6.07) is 3.61. The Labute approximate surface area is 108 Å². The average Bonchev–Trinajstić information content (AvgIpc) is 3.01.